The number of amides is 2. The zero-order chi connectivity index (χ0) is 18.0. The molecule has 24 heavy (non-hydrogen) atoms. The van der Waals surface area contributed by atoms with E-state index in [1.54, 1.807) is 13.8 Å². The van der Waals surface area contributed by atoms with Crippen LogP contribution in [-0.2, 0) is 25.5 Å². The molecular weight excluding hydrogens is 314 g/mol. The zero-order valence-electron chi connectivity index (χ0n) is 13.9. The molecule has 0 bridgehead atoms. The molecule has 1 aliphatic heterocycles. The van der Waals surface area contributed by atoms with E-state index in [1.807, 2.05) is 0 Å². The van der Waals surface area contributed by atoms with E-state index in [9.17, 15) is 24.6 Å². The summed E-state index contributed by atoms with van der Waals surface area (Å²) in [6, 6.07) is 3.10. The van der Waals surface area contributed by atoms with Gasteiger partial charge in [-0.1, -0.05) is 6.07 Å². The molecule has 0 radical (unpaired) electrons. The molecule has 2 amide bonds. The molecule has 2 rings (SSSR count). The highest BCUT2D eigenvalue weighted by Crippen LogP contribution is 2.30. The predicted octanol–water partition coefficient (Wildman–Crippen LogP) is 1.36. The van der Waals surface area contributed by atoms with Crippen molar-refractivity contribution >= 4 is 17.8 Å². The monoisotopic (exact) mass is 335 g/mol. The Morgan fingerprint density at radius 1 is 1.29 bits per heavy atom. The molecule has 1 aromatic rings. The van der Waals surface area contributed by atoms with Crippen LogP contribution in [0.2, 0.25) is 0 Å². The molecule has 1 aromatic carbocycles. The third kappa shape index (κ3) is 3.67. The lowest BCUT2D eigenvalue weighted by atomic mass is 9.97. The average molecular weight is 335 g/mol. The maximum atomic E-state index is 12.5. The highest BCUT2D eigenvalue weighted by atomic mass is 16.5. The van der Waals surface area contributed by atoms with Crippen molar-refractivity contribution in [1.82, 2.24) is 4.90 Å². The van der Waals surface area contributed by atoms with Crippen molar-refractivity contribution in [2.24, 2.45) is 5.92 Å². The van der Waals surface area contributed by atoms with E-state index in [0.717, 1.165) is 4.90 Å². The van der Waals surface area contributed by atoms with Crippen molar-refractivity contribution in [1.29, 1.82) is 0 Å². The summed E-state index contributed by atoms with van der Waals surface area (Å²) in [6.07, 6.45) is -0.213. The lowest BCUT2D eigenvalue weighted by molar-refractivity contribution is -0.160. The fraction of sp³-hybridized carbons (Fsp3) is 0.471. The highest BCUT2D eigenvalue weighted by Gasteiger charge is 2.43. The molecule has 1 saturated heterocycles. The lowest BCUT2D eigenvalue weighted by Gasteiger charge is -2.22. The van der Waals surface area contributed by atoms with Gasteiger partial charge in [-0.05, 0) is 38.8 Å². The summed E-state index contributed by atoms with van der Waals surface area (Å²) in [5, 5.41) is 19.1. The normalized spacial score (nSPS) is 19.0. The van der Waals surface area contributed by atoms with E-state index < -0.39 is 29.7 Å². The third-order valence-corrected chi connectivity index (χ3v) is 3.89. The molecule has 7 nitrogen and oxygen atoms in total. The molecule has 1 fully saturated rings. The number of likely N-dealkylation sites (tertiary alicyclic amines) is 1. The molecule has 0 saturated carbocycles. The summed E-state index contributed by atoms with van der Waals surface area (Å²) in [6.45, 7) is 4.84. The van der Waals surface area contributed by atoms with E-state index >= 15 is 0 Å². The number of phenolic OH excluding ortho intramolecular Hbond substituents is 2. The second-order valence-corrected chi connectivity index (χ2v) is 6.18. The van der Waals surface area contributed by atoms with Crippen LogP contribution < -0.4 is 0 Å². The first-order valence-corrected chi connectivity index (χ1v) is 7.78. The summed E-state index contributed by atoms with van der Waals surface area (Å²) < 4.78 is 5.05. The molecule has 1 heterocycles. The number of benzene rings is 1. The van der Waals surface area contributed by atoms with Crippen molar-refractivity contribution in [2.45, 2.75) is 45.8 Å². The van der Waals surface area contributed by atoms with Gasteiger partial charge < -0.3 is 14.9 Å². The Hall–Kier alpha value is -2.57. The van der Waals surface area contributed by atoms with E-state index in [1.165, 1.54) is 25.1 Å². The minimum atomic E-state index is -0.981. The van der Waals surface area contributed by atoms with Crippen molar-refractivity contribution in [2.75, 3.05) is 0 Å². The van der Waals surface area contributed by atoms with Crippen LogP contribution in [0.15, 0.2) is 18.2 Å². The number of rotatable bonds is 5. The van der Waals surface area contributed by atoms with Crippen LogP contribution in [0.1, 0.15) is 32.8 Å². The van der Waals surface area contributed by atoms with Gasteiger partial charge in [0.15, 0.2) is 0 Å². The van der Waals surface area contributed by atoms with Gasteiger partial charge in [0, 0.05) is 12.5 Å². The quantitative estimate of drug-likeness (QED) is 0.622. The first-order chi connectivity index (χ1) is 11.2. The number of imide groups is 1. The van der Waals surface area contributed by atoms with E-state index in [2.05, 4.69) is 0 Å². The van der Waals surface area contributed by atoms with Gasteiger partial charge in [-0.2, -0.15) is 0 Å². The van der Waals surface area contributed by atoms with E-state index in [-0.39, 0.29) is 30.4 Å². The van der Waals surface area contributed by atoms with Crippen LogP contribution in [0.25, 0.3) is 0 Å². The average Bonchev–Trinajstić information content (AvgIpc) is 2.75. The molecule has 130 valence electrons. The topological polar surface area (TPSA) is 104 Å². The lowest BCUT2D eigenvalue weighted by Crippen LogP contribution is -2.44. The molecule has 2 unspecified atom stereocenters. The largest absolute Gasteiger partial charge is 0.508 e. The number of carbonyl (C=O) groups excluding carboxylic acids is 3. The Labute approximate surface area is 139 Å². The summed E-state index contributed by atoms with van der Waals surface area (Å²) in [4.78, 5) is 37.5. The number of esters is 1. The third-order valence-electron chi connectivity index (χ3n) is 3.89. The molecule has 2 atom stereocenters. The van der Waals surface area contributed by atoms with Crippen molar-refractivity contribution in [3.8, 4) is 11.5 Å². The summed E-state index contributed by atoms with van der Waals surface area (Å²) in [7, 11) is 0. The van der Waals surface area contributed by atoms with Crippen LogP contribution in [0, 0.1) is 5.92 Å². The molecule has 0 aromatic heterocycles. The van der Waals surface area contributed by atoms with Crippen LogP contribution >= 0.6 is 0 Å². The predicted molar refractivity (Wildman–Crippen MR) is 84.1 cm³/mol. The number of ether oxygens (including phenoxy) is 1. The zero-order valence-corrected chi connectivity index (χ0v) is 13.9. The Bertz CT molecular complexity index is 669. The minimum absolute atomic E-state index is 0.0293. The number of phenols is 2. The number of nitrogens with zero attached hydrogens (tertiary/aromatic N) is 1. The van der Waals surface area contributed by atoms with Gasteiger partial charge in [0.05, 0.1) is 12.0 Å². The highest BCUT2D eigenvalue weighted by molar-refractivity contribution is 6.06. The van der Waals surface area contributed by atoms with Crippen molar-refractivity contribution in [3.05, 3.63) is 23.8 Å². The molecule has 1 aliphatic rings. The van der Waals surface area contributed by atoms with E-state index in [0.29, 0.717) is 5.56 Å². The van der Waals surface area contributed by atoms with Crippen molar-refractivity contribution < 1.29 is 29.3 Å². The van der Waals surface area contributed by atoms with Gasteiger partial charge in [0.25, 0.3) is 0 Å². The number of hydrogen-bond acceptors (Lipinski definition) is 6. The fourth-order valence-electron chi connectivity index (χ4n) is 2.71. The Kier molecular flexibility index (Phi) is 5.11. The molecular formula is C17H21NO6. The van der Waals surface area contributed by atoms with Crippen LogP contribution in [-0.4, -0.2) is 45.0 Å². The first-order valence-electron chi connectivity index (χ1n) is 7.78. The maximum absolute atomic E-state index is 12.5. The van der Waals surface area contributed by atoms with Crippen LogP contribution in [0.4, 0.5) is 0 Å². The van der Waals surface area contributed by atoms with Gasteiger partial charge in [0.1, 0.15) is 17.5 Å². The van der Waals surface area contributed by atoms with Crippen LogP contribution in [0.3, 0.4) is 0 Å². The minimum Gasteiger partial charge on any atom is -0.508 e. The Balaban J connectivity index is 2.12. The molecule has 0 aliphatic carbocycles. The molecule has 0 spiro atoms. The van der Waals surface area contributed by atoms with Gasteiger partial charge in [-0.25, -0.2) is 4.79 Å². The second-order valence-electron chi connectivity index (χ2n) is 6.18. The van der Waals surface area contributed by atoms with Gasteiger partial charge in [-0.3, -0.25) is 14.5 Å². The van der Waals surface area contributed by atoms with Crippen LogP contribution in [0.5, 0.6) is 11.5 Å². The smallest absolute Gasteiger partial charge is 0.329 e. The fourth-order valence-corrected chi connectivity index (χ4v) is 2.71. The first kappa shape index (κ1) is 17.8. The van der Waals surface area contributed by atoms with E-state index in [4.69, 9.17) is 4.74 Å². The van der Waals surface area contributed by atoms with Gasteiger partial charge >= 0.3 is 5.97 Å². The van der Waals surface area contributed by atoms with Gasteiger partial charge in [-0.15, -0.1) is 0 Å². The summed E-state index contributed by atoms with van der Waals surface area (Å²) >= 11 is 0. The van der Waals surface area contributed by atoms with Crippen molar-refractivity contribution in [3.63, 3.8) is 0 Å². The number of aromatic hydroxyl groups is 2. The molecule has 2 N–H and O–H groups in total. The second kappa shape index (κ2) is 6.90. The summed E-state index contributed by atoms with van der Waals surface area (Å²) in [5.41, 5.74) is 0.457. The Morgan fingerprint density at radius 2 is 1.96 bits per heavy atom. The Morgan fingerprint density at radius 3 is 2.54 bits per heavy atom. The maximum Gasteiger partial charge on any atom is 0.329 e. The standard InChI is InChI=1S/C17H21NO6/c1-9(2)24-17(23)10(3)18-15(21)7-12(16(18)22)6-11-4-5-13(19)8-14(11)20/h4-5,8-10,12,19-20H,6-7H2,1-3H3. The number of carbonyl (C=O) groups is 3. The summed E-state index contributed by atoms with van der Waals surface area (Å²) in [5.74, 6) is -2.39. The number of hydrogen-bond donors (Lipinski definition) is 2. The molecule has 7 heteroatoms. The van der Waals surface area contributed by atoms with Gasteiger partial charge in [0.2, 0.25) is 11.8 Å². The SMILES string of the molecule is CC(C)OC(=O)C(C)N1C(=O)CC(Cc2ccc(O)cc2O)C1=O.